The second kappa shape index (κ2) is 8.15. The number of hydrogen-bond acceptors (Lipinski definition) is 3. The van der Waals surface area contributed by atoms with E-state index in [-0.39, 0.29) is 11.8 Å². The molecule has 0 bridgehead atoms. The Morgan fingerprint density at radius 3 is 2.27 bits per heavy atom. The molecule has 0 saturated carbocycles. The third-order valence-electron chi connectivity index (χ3n) is 4.72. The Bertz CT molecular complexity index is 778. The fourth-order valence-corrected chi connectivity index (χ4v) is 3.06. The number of carbonyl (C=O) groups excluding carboxylic acids is 2. The van der Waals surface area contributed by atoms with Gasteiger partial charge in [0.25, 0.3) is 11.8 Å². The zero-order valence-corrected chi connectivity index (χ0v) is 15.4. The van der Waals surface area contributed by atoms with Crippen molar-refractivity contribution >= 4 is 11.8 Å². The van der Waals surface area contributed by atoms with Gasteiger partial charge in [0.05, 0.1) is 0 Å². The molecular formula is C21H25N3O2. The van der Waals surface area contributed by atoms with E-state index in [1.165, 1.54) is 5.56 Å². The van der Waals surface area contributed by atoms with Crippen LogP contribution in [0, 0.1) is 6.92 Å². The van der Waals surface area contributed by atoms with Crippen LogP contribution < -0.4 is 5.32 Å². The molecule has 1 N–H and O–H groups in total. The largest absolute Gasteiger partial charge is 0.348 e. The van der Waals surface area contributed by atoms with Crippen molar-refractivity contribution in [1.82, 2.24) is 15.1 Å². The first-order valence-electron chi connectivity index (χ1n) is 8.94. The standard InChI is InChI=1S/C21H25N3O2/c1-16-4-3-5-17(14-16)15-22-20(25)18-6-8-19(9-7-18)21(26)24-12-10-23(2)11-13-24/h3-9,14H,10-13,15H2,1-2H3,(H,22,25). The van der Waals surface area contributed by atoms with Crippen LogP contribution in [0.25, 0.3) is 0 Å². The average molecular weight is 351 g/mol. The van der Waals surface area contributed by atoms with Gasteiger partial charge in [-0.1, -0.05) is 29.8 Å². The number of nitrogens with zero attached hydrogens (tertiary/aromatic N) is 2. The summed E-state index contributed by atoms with van der Waals surface area (Å²) in [5.74, 6) is -0.102. The van der Waals surface area contributed by atoms with Crippen molar-refractivity contribution in [3.05, 3.63) is 70.8 Å². The molecule has 2 aromatic rings. The van der Waals surface area contributed by atoms with Gasteiger partial charge in [-0.25, -0.2) is 0 Å². The first-order chi connectivity index (χ1) is 12.5. The molecule has 3 rings (SSSR count). The molecule has 0 aromatic heterocycles. The number of aryl methyl sites for hydroxylation is 1. The van der Waals surface area contributed by atoms with Crippen LogP contribution in [0.1, 0.15) is 31.8 Å². The second-order valence-corrected chi connectivity index (χ2v) is 6.84. The lowest BCUT2D eigenvalue weighted by atomic mass is 10.1. The van der Waals surface area contributed by atoms with Crippen LogP contribution >= 0.6 is 0 Å². The summed E-state index contributed by atoms with van der Waals surface area (Å²) in [5.41, 5.74) is 3.43. The van der Waals surface area contributed by atoms with Crippen LogP contribution in [-0.4, -0.2) is 54.8 Å². The minimum absolute atomic E-state index is 0.0322. The van der Waals surface area contributed by atoms with Crippen LogP contribution in [0.4, 0.5) is 0 Å². The molecule has 0 unspecified atom stereocenters. The maximum atomic E-state index is 12.5. The quantitative estimate of drug-likeness (QED) is 0.920. The summed E-state index contributed by atoms with van der Waals surface area (Å²) in [6, 6.07) is 15.0. The number of carbonyl (C=O) groups is 2. The number of hydrogen-bond donors (Lipinski definition) is 1. The Labute approximate surface area is 154 Å². The molecule has 5 heteroatoms. The first kappa shape index (κ1) is 18.1. The molecule has 2 amide bonds. The molecule has 0 radical (unpaired) electrons. The molecule has 0 spiro atoms. The van der Waals surface area contributed by atoms with E-state index in [2.05, 4.69) is 23.3 Å². The minimum Gasteiger partial charge on any atom is -0.348 e. The van der Waals surface area contributed by atoms with E-state index in [0.29, 0.717) is 17.7 Å². The Kier molecular flexibility index (Phi) is 5.68. The number of amides is 2. The van der Waals surface area contributed by atoms with Gasteiger partial charge in [-0.2, -0.15) is 0 Å². The van der Waals surface area contributed by atoms with Crippen molar-refractivity contribution < 1.29 is 9.59 Å². The molecule has 1 aliphatic heterocycles. The fourth-order valence-electron chi connectivity index (χ4n) is 3.06. The molecule has 5 nitrogen and oxygen atoms in total. The van der Waals surface area contributed by atoms with Gasteiger partial charge in [0, 0.05) is 43.9 Å². The minimum atomic E-state index is -0.134. The summed E-state index contributed by atoms with van der Waals surface area (Å²) >= 11 is 0. The van der Waals surface area contributed by atoms with Gasteiger partial charge in [0.15, 0.2) is 0 Å². The molecule has 26 heavy (non-hydrogen) atoms. The van der Waals surface area contributed by atoms with E-state index < -0.39 is 0 Å². The van der Waals surface area contributed by atoms with E-state index in [0.717, 1.165) is 31.7 Å². The van der Waals surface area contributed by atoms with E-state index in [9.17, 15) is 9.59 Å². The summed E-state index contributed by atoms with van der Waals surface area (Å²) in [6.45, 7) is 5.79. The van der Waals surface area contributed by atoms with Gasteiger partial charge >= 0.3 is 0 Å². The lowest BCUT2D eigenvalue weighted by molar-refractivity contribution is 0.0663. The van der Waals surface area contributed by atoms with Crippen LogP contribution in [0.15, 0.2) is 48.5 Å². The van der Waals surface area contributed by atoms with Crippen LogP contribution in [-0.2, 0) is 6.54 Å². The average Bonchev–Trinajstić information content (AvgIpc) is 2.66. The molecule has 2 aromatic carbocycles. The smallest absolute Gasteiger partial charge is 0.253 e. The van der Waals surface area contributed by atoms with E-state index in [4.69, 9.17) is 0 Å². The number of piperazine rings is 1. The van der Waals surface area contributed by atoms with E-state index >= 15 is 0 Å². The third kappa shape index (κ3) is 4.49. The Morgan fingerprint density at radius 2 is 1.62 bits per heavy atom. The van der Waals surface area contributed by atoms with Crippen molar-refractivity contribution in [2.75, 3.05) is 33.2 Å². The van der Waals surface area contributed by atoms with Crippen molar-refractivity contribution in [3.63, 3.8) is 0 Å². The maximum Gasteiger partial charge on any atom is 0.253 e. The lowest BCUT2D eigenvalue weighted by Gasteiger charge is -2.32. The van der Waals surface area contributed by atoms with E-state index in [1.54, 1.807) is 24.3 Å². The fraction of sp³-hybridized carbons (Fsp3) is 0.333. The van der Waals surface area contributed by atoms with Gasteiger partial charge in [0.2, 0.25) is 0 Å². The van der Waals surface area contributed by atoms with E-state index in [1.807, 2.05) is 30.0 Å². The molecule has 1 heterocycles. The predicted octanol–water partition coefficient (Wildman–Crippen LogP) is 2.31. The number of rotatable bonds is 4. The van der Waals surface area contributed by atoms with Crippen molar-refractivity contribution in [2.24, 2.45) is 0 Å². The summed E-state index contributed by atoms with van der Waals surface area (Å²) in [6.07, 6.45) is 0. The first-order valence-corrected chi connectivity index (χ1v) is 8.94. The molecule has 1 saturated heterocycles. The van der Waals surface area contributed by atoms with Crippen LogP contribution in [0.3, 0.4) is 0 Å². The summed E-state index contributed by atoms with van der Waals surface area (Å²) in [7, 11) is 2.06. The SMILES string of the molecule is Cc1cccc(CNC(=O)c2ccc(C(=O)N3CCN(C)CC3)cc2)c1. The monoisotopic (exact) mass is 351 g/mol. The summed E-state index contributed by atoms with van der Waals surface area (Å²) in [4.78, 5) is 28.9. The number of likely N-dealkylation sites (N-methyl/N-ethyl adjacent to an activating group) is 1. The molecule has 0 atom stereocenters. The number of benzene rings is 2. The summed E-state index contributed by atoms with van der Waals surface area (Å²) in [5, 5.41) is 2.92. The van der Waals surface area contributed by atoms with Crippen molar-refractivity contribution in [1.29, 1.82) is 0 Å². The topological polar surface area (TPSA) is 52.7 Å². The van der Waals surface area contributed by atoms with Gasteiger partial charge in [-0.05, 0) is 43.8 Å². The highest BCUT2D eigenvalue weighted by molar-refractivity contribution is 5.97. The summed E-state index contributed by atoms with van der Waals surface area (Å²) < 4.78 is 0. The lowest BCUT2D eigenvalue weighted by Crippen LogP contribution is -2.47. The highest BCUT2D eigenvalue weighted by Gasteiger charge is 2.20. The highest BCUT2D eigenvalue weighted by atomic mass is 16.2. The molecule has 1 aliphatic rings. The highest BCUT2D eigenvalue weighted by Crippen LogP contribution is 2.11. The van der Waals surface area contributed by atoms with Crippen LogP contribution in [0.5, 0.6) is 0 Å². The second-order valence-electron chi connectivity index (χ2n) is 6.84. The van der Waals surface area contributed by atoms with Crippen molar-refractivity contribution in [2.45, 2.75) is 13.5 Å². The Morgan fingerprint density at radius 1 is 0.962 bits per heavy atom. The maximum absolute atomic E-state index is 12.5. The number of nitrogens with one attached hydrogen (secondary N) is 1. The van der Waals surface area contributed by atoms with Gasteiger partial charge < -0.3 is 15.1 Å². The zero-order chi connectivity index (χ0) is 18.5. The van der Waals surface area contributed by atoms with Crippen molar-refractivity contribution in [3.8, 4) is 0 Å². The van der Waals surface area contributed by atoms with Gasteiger partial charge in [-0.3, -0.25) is 9.59 Å². The van der Waals surface area contributed by atoms with Crippen LogP contribution in [0.2, 0.25) is 0 Å². The Balaban J connectivity index is 1.58. The predicted molar refractivity (Wildman–Crippen MR) is 102 cm³/mol. The Hall–Kier alpha value is -2.66. The molecule has 1 fully saturated rings. The van der Waals surface area contributed by atoms with Gasteiger partial charge in [-0.15, -0.1) is 0 Å². The third-order valence-corrected chi connectivity index (χ3v) is 4.72. The normalized spacial score (nSPS) is 14.9. The molecule has 136 valence electrons. The van der Waals surface area contributed by atoms with Gasteiger partial charge in [0.1, 0.15) is 0 Å². The molecule has 0 aliphatic carbocycles. The molecular weight excluding hydrogens is 326 g/mol. The zero-order valence-electron chi connectivity index (χ0n) is 15.4.